The minimum Gasteiger partial charge on any atom is -0.464 e. The molecule has 2 atom stereocenters. The van der Waals surface area contributed by atoms with Crippen molar-refractivity contribution in [2.75, 3.05) is 12.3 Å². The van der Waals surface area contributed by atoms with Crippen molar-refractivity contribution < 1.29 is 17.6 Å². The van der Waals surface area contributed by atoms with Gasteiger partial charge < -0.3 is 9.73 Å². The summed E-state index contributed by atoms with van der Waals surface area (Å²) in [5.41, 5.74) is 0. The van der Waals surface area contributed by atoms with Crippen LogP contribution < -0.4 is 5.32 Å². The third-order valence-electron chi connectivity index (χ3n) is 4.17. The second-order valence-electron chi connectivity index (χ2n) is 6.12. The van der Waals surface area contributed by atoms with Crippen LogP contribution in [0.2, 0.25) is 0 Å². The standard InChI is InChI=1S/C16H26N2O4S/c1-4-5-11-23(20,21)18-10-6-7-14(18)16(19)17-13(3)15-9-8-12(2)22-15/h8-9,13-14H,4-7,10-11H2,1-3H3,(H,17,19). The van der Waals surface area contributed by atoms with Crippen molar-refractivity contribution in [3.8, 4) is 0 Å². The lowest BCUT2D eigenvalue weighted by molar-refractivity contribution is -0.125. The van der Waals surface area contributed by atoms with Crippen LogP contribution in [0.25, 0.3) is 0 Å². The molecule has 1 aromatic heterocycles. The van der Waals surface area contributed by atoms with E-state index in [9.17, 15) is 13.2 Å². The molecule has 0 saturated carbocycles. The highest BCUT2D eigenvalue weighted by atomic mass is 32.2. The van der Waals surface area contributed by atoms with E-state index in [1.165, 1.54) is 4.31 Å². The molecule has 130 valence electrons. The van der Waals surface area contributed by atoms with Crippen LogP contribution in [0.1, 0.15) is 57.1 Å². The van der Waals surface area contributed by atoms with Crippen LogP contribution in [0.15, 0.2) is 16.5 Å². The zero-order valence-electron chi connectivity index (χ0n) is 14.0. The van der Waals surface area contributed by atoms with E-state index < -0.39 is 16.1 Å². The van der Waals surface area contributed by atoms with Crippen LogP contribution in [0.5, 0.6) is 0 Å². The van der Waals surface area contributed by atoms with Crippen LogP contribution in [-0.2, 0) is 14.8 Å². The van der Waals surface area contributed by atoms with Gasteiger partial charge in [-0.2, -0.15) is 4.31 Å². The van der Waals surface area contributed by atoms with E-state index in [2.05, 4.69) is 5.32 Å². The summed E-state index contributed by atoms with van der Waals surface area (Å²) in [5, 5.41) is 2.87. The SMILES string of the molecule is CCCCS(=O)(=O)N1CCCC1C(=O)NC(C)c1ccc(C)o1. The van der Waals surface area contributed by atoms with Gasteiger partial charge in [0.2, 0.25) is 15.9 Å². The summed E-state index contributed by atoms with van der Waals surface area (Å²) in [6.07, 6.45) is 2.73. The predicted molar refractivity (Wildman–Crippen MR) is 88.4 cm³/mol. The van der Waals surface area contributed by atoms with Crippen LogP contribution in [-0.4, -0.2) is 37.0 Å². The Morgan fingerprint density at radius 2 is 2.22 bits per heavy atom. The van der Waals surface area contributed by atoms with Crippen LogP contribution in [0.3, 0.4) is 0 Å². The number of hydrogen-bond donors (Lipinski definition) is 1. The lowest BCUT2D eigenvalue weighted by Gasteiger charge is -2.24. The van der Waals surface area contributed by atoms with Gasteiger partial charge in [-0.3, -0.25) is 4.79 Å². The van der Waals surface area contributed by atoms with Gasteiger partial charge in [0.05, 0.1) is 11.8 Å². The van der Waals surface area contributed by atoms with Crippen LogP contribution >= 0.6 is 0 Å². The van der Waals surface area contributed by atoms with E-state index in [0.29, 0.717) is 25.1 Å². The number of nitrogens with zero attached hydrogens (tertiary/aromatic N) is 1. The van der Waals surface area contributed by atoms with Crippen LogP contribution in [0, 0.1) is 6.92 Å². The predicted octanol–water partition coefficient (Wildman–Crippen LogP) is 2.36. The van der Waals surface area contributed by atoms with Gasteiger partial charge in [-0.1, -0.05) is 13.3 Å². The molecular formula is C16H26N2O4S. The number of carbonyl (C=O) groups is 1. The molecule has 1 amide bonds. The smallest absolute Gasteiger partial charge is 0.239 e. The molecule has 1 aromatic rings. The first-order valence-electron chi connectivity index (χ1n) is 8.21. The molecule has 1 N–H and O–H groups in total. The maximum absolute atomic E-state index is 12.5. The molecule has 2 rings (SSSR count). The van der Waals surface area contributed by atoms with Gasteiger partial charge in [-0.15, -0.1) is 0 Å². The van der Waals surface area contributed by atoms with Crippen molar-refractivity contribution >= 4 is 15.9 Å². The van der Waals surface area contributed by atoms with Gasteiger partial charge in [-0.05, 0) is 45.2 Å². The molecule has 0 radical (unpaired) electrons. The Morgan fingerprint density at radius 3 is 2.83 bits per heavy atom. The fourth-order valence-corrected chi connectivity index (χ4v) is 4.73. The first kappa shape index (κ1) is 18.0. The summed E-state index contributed by atoms with van der Waals surface area (Å²) in [7, 11) is -3.36. The van der Waals surface area contributed by atoms with Crippen LogP contribution in [0.4, 0.5) is 0 Å². The number of hydrogen-bond acceptors (Lipinski definition) is 4. The largest absolute Gasteiger partial charge is 0.464 e. The number of unbranched alkanes of at least 4 members (excludes halogenated alkanes) is 1. The molecule has 1 aliphatic heterocycles. The van der Waals surface area contributed by atoms with E-state index >= 15 is 0 Å². The van der Waals surface area contributed by atoms with Gasteiger partial charge >= 0.3 is 0 Å². The number of amides is 1. The first-order valence-corrected chi connectivity index (χ1v) is 9.82. The second-order valence-corrected chi connectivity index (χ2v) is 8.16. The van der Waals surface area contributed by atoms with Crippen molar-refractivity contribution in [3.63, 3.8) is 0 Å². The molecule has 0 spiro atoms. The first-order chi connectivity index (χ1) is 10.8. The maximum Gasteiger partial charge on any atom is 0.239 e. The van der Waals surface area contributed by atoms with Gasteiger partial charge in [0.15, 0.2) is 0 Å². The summed E-state index contributed by atoms with van der Waals surface area (Å²) in [4.78, 5) is 12.5. The Kier molecular flexibility index (Phi) is 5.86. The topological polar surface area (TPSA) is 79.6 Å². The van der Waals surface area contributed by atoms with Gasteiger partial charge in [0.1, 0.15) is 17.6 Å². The minimum atomic E-state index is -3.36. The average molecular weight is 342 g/mol. The Hall–Kier alpha value is -1.34. The Bertz CT molecular complexity index is 638. The van der Waals surface area contributed by atoms with E-state index in [1.54, 1.807) is 0 Å². The molecular weight excluding hydrogens is 316 g/mol. The number of furan rings is 1. The zero-order chi connectivity index (χ0) is 17.0. The Morgan fingerprint density at radius 1 is 1.48 bits per heavy atom. The highest BCUT2D eigenvalue weighted by Gasteiger charge is 2.38. The summed E-state index contributed by atoms with van der Waals surface area (Å²) < 4.78 is 31.7. The molecule has 6 nitrogen and oxygen atoms in total. The molecule has 2 unspecified atom stereocenters. The number of carbonyl (C=O) groups excluding carboxylic acids is 1. The van der Waals surface area contributed by atoms with Crippen molar-refractivity contribution in [2.24, 2.45) is 0 Å². The van der Waals surface area contributed by atoms with E-state index in [1.807, 2.05) is 32.9 Å². The summed E-state index contributed by atoms with van der Waals surface area (Å²) in [6, 6.07) is 2.78. The number of nitrogens with one attached hydrogen (secondary N) is 1. The van der Waals surface area contributed by atoms with Crippen molar-refractivity contribution in [1.29, 1.82) is 0 Å². The lowest BCUT2D eigenvalue weighted by Crippen LogP contribution is -2.47. The third kappa shape index (κ3) is 4.35. The highest BCUT2D eigenvalue weighted by molar-refractivity contribution is 7.89. The van der Waals surface area contributed by atoms with E-state index in [-0.39, 0.29) is 17.7 Å². The minimum absolute atomic E-state index is 0.111. The summed E-state index contributed by atoms with van der Waals surface area (Å²) in [5.74, 6) is 1.32. The molecule has 1 aliphatic rings. The van der Waals surface area contributed by atoms with Crippen molar-refractivity contribution in [3.05, 3.63) is 23.7 Å². The number of sulfonamides is 1. The van der Waals surface area contributed by atoms with E-state index in [0.717, 1.165) is 18.6 Å². The quantitative estimate of drug-likeness (QED) is 0.825. The number of aryl methyl sites for hydroxylation is 1. The summed E-state index contributed by atoms with van der Waals surface area (Å²) in [6.45, 7) is 6.06. The Labute approximate surface area is 138 Å². The average Bonchev–Trinajstić information content (AvgIpc) is 3.14. The zero-order valence-corrected chi connectivity index (χ0v) is 14.9. The lowest BCUT2D eigenvalue weighted by atomic mass is 10.2. The molecule has 0 bridgehead atoms. The highest BCUT2D eigenvalue weighted by Crippen LogP contribution is 2.24. The third-order valence-corrected chi connectivity index (χ3v) is 6.12. The number of rotatable bonds is 7. The maximum atomic E-state index is 12.5. The Balaban J connectivity index is 2.03. The monoisotopic (exact) mass is 342 g/mol. The van der Waals surface area contributed by atoms with Crippen molar-refractivity contribution in [2.45, 2.75) is 58.5 Å². The molecule has 23 heavy (non-hydrogen) atoms. The van der Waals surface area contributed by atoms with Crippen molar-refractivity contribution in [1.82, 2.24) is 9.62 Å². The molecule has 7 heteroatoms. The van der Waals surface area contributed by atoms with E-state index in [4.69, 9.17) is 4.42 Å². The molecule has 0 aliphatic carbocycles. The fourth-order valence-electron chi connectivity index (χ4n) is 2.85. The molecule has 0 aromatic carbocycles. The fraction of sp³-hybridized carbons (Fsp3) is 0.688. The summed E-state index contributed by atoms with van der Waals surface area (Å²) >= 11 is 0. The van der Waals surface area contributed by atoms with Gasteiger partial charge in [-0.25, -0.2) is 8.42 Å². The van der Waals surface area contributed by atoms with Gasteiger partial charge in [0, 0.05) is 6.54 Å². The molecule has 1 saturated heterocycles. The molecule has 1 fully saturated rings. The normalized spacial score (nSPS) is 20.6. The van der Waals surface area contributed by atoms with Gasteiger partial charge in [0.25, 0.3) is 0 Å². The molecule has 2 heterocycles. The second kappa shape index (κ2) is 7.49.